The standard InChI is InChI=1S/C20H23NO4S/c1-25-18-7-3-2-5-16(18)12-21(13-17-6-4-10-26-17)19(22)14-8-9-15(11-14)20(23)24/h2-7,10,14-15H,8-9,11-13H2,1H3,(H,23,24)/t14-,15+/m1/s1. The quantitative estimate of drug-likeness (QED) is 0.802. The lowest BCUT2D eigenvalue weighted by molar-refractivity contribution is -0.141. The highest BCUT2D eigenvalue weighted by Gasteiger charge is 2.36. The number of ether oxygens (including phenoxy) is 1. The first kappa shape index (κ1) is 18.5. The molecule has 5 nitrogen and oxygen atoms in total. The lowest BCUT2D eigenvalue weighted by Crippen LogP contribution is -2.34. The Kier molecular flexibility index (Phi) is 5.93. The summed E-state index contributed by atoms with van der Waals surface area (Å²) in [6.45, 7) is 0.984. The summed E-state index contributed by atoms with van der Waals surface area (Å²) < 4.78 is 5.42. The van der Waals surface area contributed by atoms with Crippen molar-refractivity contribution >= 4 is 23.2 Å². The number of carbonyl (C=O) groups excluding carboxylic acids is 1. The monoisotopic (exact) mass is 373 g/mol. The SMILES string of the molecule is COc1ccccc1CN(Cc1cccs1)C(=O)[C@@H]1CC[C@H](C(=O)O)C1. The number of carbonyl (C=O) groups is 2. The Labute approximate surface area is 157 Å². The van der Waals surface area contributed by atoms with Crippen LogP contribution in [-0.2, 0) is 22.7 Å². The fourth-order valence-corrected chi connectivity index (χ4v) is 4.25. The second-order valence-electron chi connectivity index (χ2n) is 6.63. The molecule has 138 valence electrons. The smallest absolute Gasteiger partial charge is 0.306 e. The molecular formula is C20H23NO4S. The van der Waals surface area contributed by atoms with Crippen LogP contribution in [0.1, 0.15) is 29.7 Å². The van der Waals surface area contributed by atoms with Gasteiger partial charge in [-0.2, -0.15) is 0 Å². The van der Waals surface area contributed by atoms with E-state index in [0.29, 0.717) is 32.4 Å². The molecule has 1 fully saturated rings. The van der Waals surface area contributed by atoms with Crippen LogP contribution in [0, 0.1) is 11.8 Å². The highest BCUT2D eigenvalue weighted by molar-refractivity contribution is 7.09. The van der Waals surface area contributed by atoms with Crippen molar-refractivity contribution in [1.82, 2.24) is 4.90 Å². The summed E-state index contributed by atoms with van der Waals surface area (Å²) in [5, 5.41) is 11.2. The van der Waals surface area contributed by atoms with Crippen LogP contribution in [0.3, 0.4) is 0 Å². The van der Waals surface area contributed by atoms with Gasteiger partial charge in [-0.25, -0.2) is 0 Å². The van der Waals surface area contributed by atoms with Gasteiger partial charge in [-0.1, -0.05) is 24.3 Å². The maximum absolute atomic E-state index is 13.1. The molecular weight excluding hydrogens is 350 g/mol. The first-order valence-electron chi connectivity index (χ1n) is 8.74. The van der Waals surface area contributed by atoms with E-state index in [-0.39, 0.29) is 11.8 Å². The number of nitrogens with zero attached hydrogens (tertiary/aromatic N) is 1. The van der Waals surface area contributed by atoms with Gasteiger partial charge in [0.05, 0.1) is 19.6 Å². The molecule has 6 heteroatoms. The molecule has 26 heavy (non-hydrogen) atoms. The van der Waals surface area contributed by atoms with Gasteiger partial charge in [0.25, 0.3) is 0 Å². The van der Waals surface area contributed by atoms with Crippen molar-refractivity contribution in [2.45, 2.75) is 32.4 Å². The number of hydrogen-bond donors (Lipinski definition) is 1. The molecule has 3 rings (SSSR count). The van der Waals surface area contributed by atoms with E-state index in [4.69, 9.17) is 4.74 Å². The number of carboxylic acid groups (broad SMARTS) is 1. The van der Waals surface area contributed by atoms with E-state index in [1.807, 2.05) is 46.7 Å². The van der Waals surface area contributed by atoms with E-state index in [9.17, 15) is 14.7 Å². The molecule has 0 unspecified atom stereocenters. The third kappa shape index (κ3) is 4.25. The van der Waals surface area contributed by atoms with Crippen molar-refractivity contribution in [3.63, 3.8) is 0 Å². The summed E-state index contributed by atoms with van der Waals surface area (Å²) in [5.74, 6) is -0.626. The van der Waals surface area contributed by atoms with Crippen LogP contribution in [-0.4, -0.2) is 29.0 Å². The molecule has 1 N–H and O–H groups in total. The van der Waals surface area contributed by atoms with E-state index in [2.05, 4.69) is 0 Å². The minimum atomic E-state index is -0.796. The summed E-state index contributed by atoms with van der Waals surface area (Å²) in [5.41, 5.74) is 0.952. The molecule has 1 aromatic carbocycles. The molecule has 2 aromatic rings. The number of para-hydroxylation sites is 1. The number of aliphatic carboxylic acids is 1. The predicted octanol–water partition coefficient (Wildman–Crippen LogP) is 3.79. The average molecular weight is 373 g/mol. The summed E-state index contributed by atoms with van der Waals surface area (Å²) >= 11 is 1.62. The highest BCUT2D eigenvalue weighted by atomic mass is 32.1. The number of hydrogen-bond acceptors (Lipinski definition) is 4. The molecule has 0 radical (unpaired) electrons. The maximum Gasteiger partial charge on any atom is 0.306 e. The molecule has 1 heterocycles. The van der Waals surface area contributed by atoms with Crippen molar-refractivity contribution in [1.29, 1.82) is 0 Å². The molecule has 1 saturated carbocycles. The third-order valence-corrected chi connectivity index (χ3v) is 5.78. The number of amides is 1. The molecule has 0 bridgehead atoms. The Bertz CT molecular complexity index is 759. The van der Waals surface area contributed by atoms with E-state index >= 15 is 0 Å². The van der Waals surface area contributed by atoms with Gasteiger partial charge in [0.15, 0.2) is 0 Å². The summed E-state index contributed by atoms with van der Waals surface area (Å²) in [4.78, 5) is 27.3. The van der Waals surface area contributed by atoms with Crippen molar-refractivity contribution < 1.29 is 19.4 Å². The first-order valence-corrected chi connectivity index (χ1v) is 9.62. The molecule has 1 amide bonds. The molecule has 2 atom stereocenters. The van der Waals surface area contributed by atoms with Gasteiger partial charge in [-0.3, -0.25) is 9.59 Å². The van der Waals surface area contributed by atoms with Gasteiger partial charge in [0, 0.05) is 22.9 Å². The predicted molar refractivity (Wildman–Crippen MR) is 100 cm³/mol. The Balaban J connectivity index is 1.79. The van der Waals surface area contributed by atoms with Crippen LogP contribution in [0.5, 0.6) is 5.75 Å². The van der Waals surface area contributed by atoms with Crippen LogP contribution in [0.2, 0.25) is 0 Å². The number of rotatable bonds is 7. The van der Waals surface area contributed by atoms with E-state index in [1.54, 1.807) is 18.4 Å². The maximum atomic E-state index is 13.1. The Morgan fingerprint density at radius 3 is 2.58 bits per heavy atom. The van der Waals surface area contributed by atoms with E-state index in [0.717, 1.165) is 16.2 Å². The van der Waals surface area contributed by atoms with Crippen LogP contribution >= 0.6 is 11.3 Å². The fraction of sp³-hybridized carbons (Fsp3) is 0.400. The summed E-state index contributed by atoms with van der Waals surface area (Å²) in [6.07, 6.45) is 1.65. The minimum absolute atomic E-state index is 0.0352. The number of carboxylic acids is 1. The zero-order valence-electron chi connectivity index (χ0n) is 14.8. The zero-order valence-corrected chi connectivity index (χ0v) is 15.6. The largest absolute Gasteiger partial charge is 0.496 e. The number of thiophene rings is 1. The van der Waals surface area contributed by atoms with E-state index in [1.165, 1.54) is 0 Å². The molecule has 0 aliphatic heterocycles. The highest BCUT2D eigenvalue weighted by Crippen LogP contribution is 2.33. The Morgan fingerprint density at radius 1 is 1.15 bits per heavy atom. The van der Waals surface area contributed by atoms with Gasteiger partial charge < -0.3 is 14.7 Å². The Morgan fingerprint density at radius 2 is 1.92 bits per heavy atom. The van der Waals surface area contributed by atoms with Gasteiger partial charge in [0.1, 0.15) is 5.75 Å². The van der Waals surface area contributed by atoms with Crippen molar-refractivity contribution in [3.05, 3.63) is 52.2 Å². The average Bonchev–Trinajstić information content (AvgIpc) is 3.33. The van der Waals surface area contributed by atoms with Crippen molar-refractivity contribution in [2.75, 3.05) is 7.11 Å². The second-order valence-corrected chi connectivity index (χ2v) is 7.66. The van der Waals surface area contributed by atoms with E-state index < -0.39 is 11.9 Å². The van der Waals surface area contributed by atoms with Crippen LogP contribution < -0.4 is 4.74 Å². The summed E-state index contributed by atoms with van der Waals surface area (Å²) in [7, 11) is 1.62. The second kappa shape index (κ2) is 8.36. The molecule has 1 aliphatic carbocycles. The molecule has 1 aliphatic rings. The molecule has 0 spiro atoms. The minimum Gasteiger partial charge on any atom is -0.496 e. The molecule has 0 saturated heterocycles. The van der Waals surface area contributed by atoms with Gasteiger partial charge in [-0.15, -0.1) is 11.3 Å². The van der Waals surface area contributed by atoms with Crippen LogP contribution in [0.4, 0.5) is 0 Å². The normalized spacial score (nSPS) is 19.3. The first-order chi connectivity index (χ1) is 12.6. The summed E-state index contributed by atoms with van der Waals surface area (Å²) in [6, 6.07) is 11.7. The van der Waals surface area contributed by atoms with Crippen LogP contribution in [0.25, 0.3) is 0 Å². The van der Waals surface area contributed by atoms with Gasteiger partial charge in [0.2, 0.25) is 5.91 Å². The zero-order chi connectivity index (χ0) is 18.5. The topological polar surface area (TPSA) is 66.8 Å². The third-order valence-electron chi connectivity index (χ3n) is 4.92. The lowest BCUT2D eigenvalue weighted by Gasteiger charge is -2.26. The lowest BCUT2D eigenvalue weighted by atomic mass is 10.0. The Hall–Kier alpha value is -2.34. The number of methoxy groups -OCH3 is 1. The fourth-order valence-electron chi connectivity index (χ4n) is 3.53. The van der Waals surface area contributed by atoms with Gasteiger partial charge in [-0.05, 0) is 36.8 Å². The van der Waals surface area contributed by atoms with Crippen molar-refractivity contribution in [3.8, 4) is 5.75 Å². The number of benzene rings is 1. The van der Waals surface area contributed by atoms with Gasteiger partial charge >= 0.3 is 5.97 Å². The van der Waals surface area contributed by atoms with Crippen molar-refractivity contribution in [2.24, 2.45) is 11.8 Å². The van der Waals surface area contributed by atoms with Crippen LogP contribution in [0.15, 0.2) is 41.8 Å². The molecule has 1 aromatic heterocycles.